The highest BCUT2D eigenvalue weighted by Crippen LogP contribution is 2.22. The molecule has 0 saturated heterocycles. The lowest BCUT2D eigenvalue weighted by Crippen LogP contribution is -2.32. The van der Waals surface area contributed by atoms with Crippen molar-refractivity contribution in [3.05, 3.63) is 21.5 Å². The van der Waals surface area contributed by atoms with Crippen LogP contribution in [0.15, 0.2) is 12.4 Å². The monoisotopic (exact) mass is 364 g/mol. The summed E-state index contributed by atoms with van der Waals surface area (Å²) < 4.78 is 11.2. The first-order valence-corrected chi connectivity index (χ1v) is 6.54. The molecule has 5 nitrogen and oxygen atoms in total. The Morgan fingerprint density at radius 1 is 1.44 bits per heavy atom. The number of methoxy groups -OCH3 is 1. The van der Waals surface area contributed by atoms with Gasteiger partial charge in [0.15, 0.2) is 5.75 Å². The number of ether oxygens (including phenoxy) is 2. The third-order valence-electron chi connectivity index (χ3n) is 1.96. The molecule has 1 heterocycles. The van der Waals surface area contributed by atoms with Crippen LogP contribution < -0.4 is 10.1 Å². The number of hydrogen-bond acceptors (Lipinski definition) is 4. The SMILES string of the molecule is COc1cncc(CNC(=O)OC(C)(C)C)c1I. The van der Waals surface area contributed by atoms with Gasteiger partial charge in [-0.1, -0.05) is 0 Å². The maximum Gasteiger partial charge on any atom is 0.407 e. The Morgan fingerprint density at radius 3 is 2.67 bits per heavy atom. The van der Waals surface area contributed by atoms with Gasteiger partial charge in [0.2, 0.25) is 0 Å². The molecule has 18 heavy (non-hydrogen) atoms. The summed E-state index contributed by atoms with van der Waals surface area (Å²) >= 11 is 2.16. The van der Waals surface area contributed by atoms with Gasteiger partial charge in [0.25, 0.3) is 0 Å². The zero-order chi connectivity index (χ0) is 13.8. The summed E-state index contributed by atoms with van der Waals surface area (Å²) in [6, 6.07) is 0. The fourth-order valence-corrected chi connectivity index (χ4v) is 1.90. The van der Waals surface area contributed by atoms with E-state index in [0.29, 0.717) is 12.3 Å². The fourth-order valence-electron chi connectivity index (χ4n) is 1.21. The number of hydrogen-bond donors (Lipinski definition) is 1. The first kappa shape index (κ1) is 15.0. The Hall–Kier alpha value is -1.05. The molecule has 100 valence electrons. The molecule has 1 aromatic rings. The van der Waals surface area contributed by atoms with Gasteiger partial charge in [0.1, 0.15) is 5.60 Å². The summed E-state index contributed by atoms with van der Waals surface area (Å²) in [4.78, 5) is 15.6. The lowest BCUT2D eigenvalue weighted by atomic mass is 10.2. The van der Waals surface area contributed by atoms with Crippen LogP contribution in [0.1, 0.15) is 26.3 Å². The smallest absolute Gasteiger partial charge is 0.407 e. The van der Waals surface area contributed by atoms with Gasteiger partial charge in [-0.3, -0.25) is 4.98 Å². The van der Waals surface area contributed by atoms with Gasteiger partial charge in [0, 0.05) is 18.3 Å². The van der Waals surface area contributed by atoms with Crippen molar-refractivity contribution in [2.45, 2.75) is 32.9 Å². The zero-order valence-electron chi connectivity index (χ0n) is 10.9. The van der Waals surface area contributed by atoms with Crippen molar-refractivity contribution in [2.75, 3.05) is 7.11 Å². The maximum atomic E-state index is 11.5. The molecule has 6 heteroatoms. The molecular weight excluding hydrogens is 347 g/mol. The van der Waals surface area contributed by atoms with E-state index < -0.39 is 11.7 Å². The molecule has 0 bridgehead atoms. The molecule has 0 radical (unpaired) electrons. The first-order chi connectivity index (χ1) is 8.33. The molecule has 1 aromatic heterocycles. The molecular formula is C12H17IN2O3. The molecule has 0 spiro atoms. The number of rotatable bonds is 3. The minimum Gasteiger partial charge on any atom is -0.494 e. The summed E-state index contributed by atoms with van der Waals surface area (Å²) in [5.74, 6) is 0.694. The summed E-state index contributed by atoms with van der Waals surface area (Å²) in [5.41, 5.74) is 0.393. The second-order valence-electron chi connectivity index (χ2n) is 4.67. The largest absolute Gasteiger partial charge is 0.494 e. The number of carbonyl (C=O) groups is 1. The predicted octanol–water partition coefficient (Wildman–Crippen LogP) is 2.72. The van der Waals surface area contributed by atoms with E-state index >= 15 is 0 Å². The molecule has 0 fully saturated rings. The molecule has 0 aliphatic rings. The van der Waals surface area contributed by atoms with Crippen LogP contribution in [-0.4, -0.2) is 23.8 Å². The van der Waals surface area contributed by atoms with Crippen molar-refractivity contribution in [1.82, 2.24) is 10.3 Å². The summed E-state index contributed by atoms with van der Waals surface area (Å²) in [7, 11) is 1.59. The average Bonchev–Trinajstić information content (AvgIpc) is 2.25. The van der Waals surface area contributed by atoms with E-state index in [9.17, 15) is 4.79 Å². The van der Waals surface area contributed by atoms with Crippen molar-refractivity contribution in [3.8, 4) is 5.75 Å². The Morgan fingerprint density at radius 2 is 2.11 bits per heavy atom. The van der Waals surface area contributed by atoms with E-state index in [1.54, 1.807) is 19.5 Å². The van der Waals surface area contributed by atoms with Crippen molar-refractivity contribution in [2.24, 2.45) is 0 Å². The van der Waals surface area contributed by atoms with Gasteiger partial charge < -0.3 is 14.8 Å². The van der Waals surface area contributed by atoms with Crippen molar-refractivity contribution >= 4 is 28.7 Å². The number of nitrogens with zero attached hydrogens (tertiary/aromatic N) is 1. The van der Waals surface area contributed by atoms with Gasteiger partial charge in [-0.05, 0) is 43.4 Å². The van der Waals surface area contributed by atoms with Crippen LogP contribution >= 0.6 is 22.6 Å². The molecule has 1 rings (SSSR count). The number of aromatic nitrogens is 1. The highest BCUT2D eigenvalue weighted by atomic mass is 127. The van der Waals surface area contributed by atoms with Crippen LogP contribution in [0.5, 0.6) is 5.75 Å². The van der Waals surface area contributed by atoms with Gasteiger partial charge in [0.05, 0.1) is 16.9 Å². The van der Waals surface area contributed by atoms with Gasteiger partial charge in [-0.15, -0.1) is 0 Å². The van der Waals surface area contributed by atoms with Crippen LogP contribution in [-0.2, 0) is 11.3 Å². The molecule has 0 atom stereocenters. The van der Waals surface area contributed by atoms with Crippen LogP contribution in [0.4, 0.5) is 4.79 Å². The van der Waals surface area contributed by atoms with E-state index in [2.05, 4.69) is 32.9 Å². The van der Waals surface area contributed by atoms with Gasteiger partial charge >= 0.3 is 6.09 Å². The van der Waals surface area contributed by atoms with Crippen molar-refractivity contribution < 1.29 is 14.3 Å². The number of alkyl carbamates (subject to hydrolysis) is 1. The fraction of sp³-hybridized carbons (Fsp3) is 0.500. The number of halogens is 1. The number of nitrogens with one attached hydrogen (secondary N) is 1. The van der Waals surface area contributed by atoms with E-state index in [0.717, 1.165) is 9.13 Å². The summed E-state index contributed by atoms with van der Waals surface area (Å²) in [6.45, 7) is 5.83. The van der Waals surface area contributed by atoms with E-state index in [1.807, 2.05) is 20.8 Å². The lowest BCUT2D eigenvalue weighted by Gasteiger charge is -2.19. The number of carbonyl (C=O) groups excluding carboxylic acids is 1. The Kier molecular flexibility index (Phi) is 5.18. The minimum absolute atomic E-state index is 0.359. The quantitative estimate of drug-likeness (QED) is 0.838. The molecule has 0 aromatic carbocycles. The standard InChI is InChI=1S/C12H17IN2O3/c1-12(2,3)18-11(16)15-6-8-5-14-7-9(17-4)10(8)13/h5,7H,6H2,1-4H3,(H,15,16). The van der Waals surface area contributed by atoms with Crippen molar-refractivity contribution in [1.29, 1.82) is 0 Å². The number of amides is 1. The van der Waals surface area contributed by atoms with Gasteiger partial charge in [-0.25, -0.2) is 4.79 Å². The highest BCUT2D eigenvalue weighted by molar-refractivity contribution is 14.1. The third-order valence-corrected chi connectivity index (χ3v) is 3.19. The predicted molar refractivity (Wildman–Crippen MR) is 76.6 cm³/mol. The Balaban J connectivity index is 2.61. The van der Waals surface area contributed by atoms with Crippen LogP contribution in [0.2, 0.25) is 0 Å². The summed E-state index contributed by atoms with van der Waals surface area (Å²) in [6.07, 6.45) is 2.89. The van der Waals surface area contributed by atoms with E-state index in [1.165, 1.54) is 0 Å². The molecule has 1 amide bonds. The van der Waals surface area contributed by atoms with Crippen LogP contribution in [0, 0.1) is 3.57 Å². The minimum atomic E-state index is -0.496. The van der Waals surface area contributed by atoms with E-state index in [-0.39, 0.29) is 0 Å². The normalized spacial score (nSPS) is 10.9. The molecule has 0 saturated carbocycles. The summed E-state index contributed by atoms with van der Waals surface area (Å²) in [5, 5.41) is 2.69. The molecule has 0 aliphatic carbocycles. The molecule has 1 N–H and O–H groups in total. The topological polar surface area (TPSA) is 60.5 Å². The Labute approximate surface area is 120 Å². The number of pyridine rings is 1. The Bertz CT molecular complexity index is 430. The van der Waals surface area contributed by atoms with Gasteiger partial charge in [-0.2, -0.15) is 0 Å². The van der Waals surface area contributed by atoms with Crippen LogP contribution in [0.3, 0.4) is 0 Å². The average molecular weight is 364 g/mol. The van der Waals surface area contributed by atoms with E-state index in [4.69, 9.17) is 9.47 Å². The second kappa shape index (κ2) is 6.21. The zero-order valence-corrected chi connectivity index (χ0v) is 13.1. The first-order valence-electron chi connectivity index (χ1n) is 5.46. The molecule has 0 aliphatic heterocycles. The maximum absolute atomic E-state index is 11.5. The highest BCUT2D eigenvalue weighted by Gasteiger charge is 2.16. The lowest BCUT2D eigenvalue weighted by molar-refractivity contribution is 0.0523. The second-order valence-corrected chi connectivity index (χ2v) is 5.75. The molecule has 0 unspecified atom stereocenters. The van der Waals surface area contributed by atoms with Crippen molar-refractivity contribution in [3.63, 3.8) is 0 Å². The third kappa shape index (κ3) is 4.67. The van der Waals surface area contributed by atoms with Crippen LogP contribution in [0.25, 0.3) is 0 Å².